The first-order valence-electron chi connectivity index (χ1n) is 7.50. The van der Waals surface area contributed by atoms with Crippen LogP contribution in [0.15, 0.2) is 53.1 Å². The van der Waals surface area contributed by atoms with Crippen molar-refractivity contribution < 1.29 is 14.1 Å². The minimum atomic E-state index is -0.744. The predicted octanol–water partition coefficient (Wildman–Crippen LogP) is 2.73. The monoisotopic (exact) mass is 323 g/mol. The number of carbonyl (C=O) groups is 2. The van der Waals surface area contributed by atoms with E-state index in [4.69, 9.17) is 4.52 Å². The molecule has 0 saturated carbocycles. The minimum Gasteiger partial charge on any atom is -0.360 e. The van der Waals surface area contributed by atoms with Gasteiger partial charge in [-0.15, -0.1) is 0 Å². The zero-order valence-electron chi connectivity index (χ0n) is 13.4. The first-order valence-corrected chi connectivity index (χ1v) is 7.50. The molecule has 3 aromatic rings. The summed E-state index contributed by atoms with van der Waals surface area (Å²) in [5, 5.41) is 8.29. The third-order valence-electron chi connectivity index (χ3n) is 3.64. The molecule has 0 unspecified atom stereocenters. The van der Waals surface area contributed by atoms with Gasteiger partial charge in [-0.2, -0.15) is 0 Å². The quantitative estimate of drug-likeness (QED) is 0.752. The highest BCUT2D eigenvalue weighted by Crippen LogP contribution is 2.16. The summed E-state index contributed by atoms with van der Waals surface area (Å²) in [6, 6.07) is 15.5. The van der Waals surface area contributed by atoms with Crippen molar-refractivity contribution in [3.8, 4) is 0 Å². The Bertz CT molecular complexity index is 901. The van der Waals surface area contributed by atoms with Crippen LogP contribution in [0.5, 0.6) is 0 Å². The highest BCUT2D eigenvalue weighted by atomic mass is 16.5. The van der Waals surface area contributed by atoms with Crippen LogP contribution in [0.4, 0.5) is 5.82 Å². The number of rotatable bonds is 3. The first-order chi connectivity index (χ1) is 11.5. The summed E-state index contributed by atoms with van der Waals surface area (Å²) >= 11 is 0. The Labute approximate surface area is 139 Å². The van der Waals surface area contributed by atoms with Gasteiger partial charge >= 0.3 is 11.8 Å². The number of nitrogens with one attached hydrogen (secondary N) is 1. The molecular weight excluding hydrogens is 306 g/mol. The number of benzene rings is 2. The van der Waals surface area contributed by atoms with Gasteiger partial charge in [0.05, 0.1) is 0 Å². The number of fused-ring (bicyclic) bond motifs is 1. The molecule has 0 aliphatic rings. The molecule has 24 heavy (non-hydrogen) atoms. The van der Waals surface area contributed by atoms with E-state index in [-0.39, 0.29) is 5.82 Å². The first kappa shape index (κ1) is 15.7. The van der Waals surface area contributed by atoms with Gasteiger partial charge in [-0.1, -0.05) is 41.6 Å². The van der Waals surface area contributed by atoms with E-state index in [0.29, 0.717) is 12.3 Å². The number of hydrogen-bond acceptors (Lipinski definition) is 4. The van der Waals surface area contributed by atoms with Crippen LogP contribution in [-0.2, 0) is 16.1 Å². The van der Waals surface area contributed by atoms with E-state index in [9.17, 15) is 9.59 Å². The van der Waals surface area contributed by atoms with Crippen molar-refractivity contribution in [1.82, 2.24) is 10.1 Å². The lowest BCUT2D eigenvalue weighted by Crippen LogP contribution is -2.36. The van der Waals surface area contributed by atoms with Gasteiger partial charge in [0.15, 0.2) is 5.82 Å². The number of aryl methyl sites for hydroxylation is 1. The fraction of sp³-hybridized carbons (Fsp3) is 0.167. The van der Waals surface area contributed by atoms with E-state index in [2.05, 4.69) is 10.5 Å². The Hall–Kier alpha value is -3.15. The maximum Gasteiger partial charge on any atom is 0.315 e. The maximum absolute atomic E-state index is 12.2. The summed E-state index contributed by atoms with van der Waals surface area (Å²) in [5.41, 5.74) is 0.953. The van der Waals surface area contributed by atoms with Crippen molar-refractivity contribution in [3.05, 3.63) is 59.9 Å². The summed E-state index contributed by atoms with van der Waals surface area (Å²) < 4.78 is 4.85. The molecule has 0 fully saturated rings. The van der Waals surface area contributed by atoms with Gasteiger partial charge in [0, 0.05) is 19.7 Å². The van der Waals surface area contributed by atoms with Gasteiger partial charge in [0.1, 0.15) is 5.76 Å². The Kier molecular flexibility index (Phi) is 4.29. The molecule has 1 heterocycles. The molecule has 2 amide bonds. The molecular formula is C18H17N3O3. The van der Waals surface area contributed by atoms with Crippen LogP contribution in [0.1, 0.15) is 11.3 Å². The van der Waals surface area contributed by atoms with Crippen molar-refractivity contribution in [2.24, 2.45) is 0 Å². The van der Waals surface area contributed by atoms with Crippen molar-refractivity contribution in [3.63, 3.8) is 0 Å². The molecule has 2 aromatic carbocycles. The number of hydrogen-bond donors (Lipinski definition) is 1. The van der Waals surface area contributed by atoms with E-state index in [1.165, 1.54) is 4.90 Å². The zero-order chi connectivity index (χ0) is 17.1. The second-order valence-corrected chi connectivity index (χ2v) is 5.62. The summed E-state index contributed by atoms with van der Waals surface area (Å²) in [6.07, 6.45) is 0. The van der Waals surface area contributed by atoms with E-state index in [1.54, 1.807) is 20.0 Å². The topological polar surface area (TPSA) is 75.4 Å². The Morgan fingerprint density at radius 2 is 1.88 bits per heavy atom. The lowest BCUT2D eigenvalue weighted by Gasteiger charge is -2.16. The average Bonchev–Trinajstić information content (AvgIpc) is 2.98. The molecule has 0 atom stereocenters. The highest BCUT2D eigenvalue weighted by molar-refractivity contribution is 6.39. The molecule has 3 rings (SSSR count). The number of aromatic nitrogens is 1. The standard InChI is InChI=1S/C18H17N3O3/c1-12-9-16(20-24-12)19-17(22)18(23)21(2)11-13-7-8-14-5-3-4-6-15(14)10-13/h3-10H,11H2,1-2H3,(H,19,20,22). The number of anilines is 1. The van der Waals surface area contributed by atoms with Crippen LogP contribution >= 0.6 is 0 Å². The molecule has 122 valence electrons. The van der Waals surface area contributed by atoms with Crippen molar-refractivity contribution in [1.29, 1.82) is 0 Å². The average molecular weight is 323 g/mol. The number of likely N-dealkylation sites (N-methyl/N-ethyl adjacent to an activating group) is 1. The summed E-state index contributed by atoms with van der Waals surface area (Å²) in [5.74, 6) is -0.595. The SMILES string of the molecule is Cc1cc(NC(=O)C(=O)N(C)Cc2ccc3ccccc3c2)no1. The molecule has 0 bridgehead atoms. The van der Waals surface area contributed by atoms with E-state index >= 15 is 0 Å². The zero-order valence-corrected chi connectivity index (χ0v) is 13.4. The van der Waals surface area contributed by atoms with Gasteiger partial charge < -0.3 is 9.42 Å². The fourth-order valence-corrected chi connectivity index (χ4v) is 2.45. The van der Waals surface area contributed by atoms with Crippen LogP contribution in [0.2, 0.25) is 0 Å². The molecule has 0 saturated heterocycles. The lowest BCUT2D eigenvalue weighted by atomic mass is 10.1. The predicted molar refractivity (Wildman–Crippen MR) is 90.3 cm³/mol. The normalized spacial score (nSPS) is 10.6. The summed E-state index contributed by atoms with van der Waals surface area (Å²) in [6.45, 7) is 2.05. The Morgan fingerprint density at radius 1 is 1.12 bits per heavy atom. The molecule has 6 nitrogen and oxygen atoms in total. The third kappa shape index (κ3) is 3.43. The van der Waals surface area contributed by atoms with E-state index in [0.717, 1.165) is 16.3 Å². The number of nitrogens with zero attached hydrogens (tertiary/aromatic N) is 2. The maximum atomic E-state index is 12.2. The molecule has 6 heteroatoms. The smallest absolute Gasteiger partial charge is 0.315 e. The van der Waals surface area contributed by atoms with Crippen molar-refractivity contribution >= 4 is 28.4 Å². The molecule has 0 aliphatic carbocycles. The van der Waals surface area contributed by atoms with E-state index < -0.39 is 11.8 Å². The van der Waals surface area contributed by atoms with Gasteiger partial charge in [0.25, 0.3) is 0 Å². The largest absolute Gasteiger partial charge is 0.360 e. The van der Waals surface area contributed by atoms with Crippen LogP contribution in [0.25, 0.3) is 10.8 Å². The van der Waals surface area contributed by atoms with Gasteiger partial charge in [0.2, 0.25) is 0 Å². The third-order valence-corrected chi connectivity index (χ3v) is 3.64. The van der Waals surface area contributed by atoms with Crippen LogP contribution in [0, 0.1) is 6.92 Å². The summed E-state index contributed by atoms with van der Waals surface area (Å²) in [7, 11) is 1.59. The van der Waals surface area contributed by atoms with Gasteiger partial charge in [-0.3, -0.25) is 14.9 Å². The lowest BCUT2D eigenvalue weighted by molar-refractivity contribution is -0.142. The molecule has 1 aromatic heterocycles. The number of carbonyl (C=O) groups excluding carboxylic acids is 2. The second kappa shape index (κ2) is 6.54. The Morgan fingerprint density at radius 3 is 2.58 bits per heavy atom. The van der Waals surface area contributed by atoms with Gasteiger partial charge in [-0.05, 0) is 29.3 Å². The van der Waals surface area contributed by atoms with Gasteiger partial charge in [-0.25, -0.2) is 0 Å². The molecule has 0 aliphatic heterocycles. The molecule has 0 spiro atoms. The Balaban J connectivity index is 1.67. The van der Waals surface area contributed by atoms with E-state index in [1.807, 2.05) is 42.5 Å². The highest BCUT2D eigenvalue weighted by Gasteiger charge is 2.20. The van der Waals surface area contributed by atoms with Crippen LogP contribution < -0.4 is 5.32 Å². The fourth-order valence-electron chi connectivity index (χ4n) is 2.45. The number of amides is 2. The molecule has 0 radical (unpaired) electrons. The van der Waals surface area contributed by atoms with Crippen LogP contribution in [-0.4, -0.2) is 28.9 Å². The van der Waals surface area contributed by atoms with Crippen molar-refractivity contribution in [2.75, 3.05) is 12.4 Å². The molecule has 1 N–H and O–H groups in total. The summed E-state index contributed by atoms with van der Waals surface area (Å²) in [4.78, 5) is 25.5. The second-order valence-electron chi connectivity index (χ2n) is 5.62. The van der Waals surface area contributed by atoms with Crippen LogP contribution in [0.3, 0.4) is 0 Å². The van der Waals surface area contributed by atoms with Crippen molar-refractivity contribution in [2.45, 2.75) is 13.5 Å². The minimum absolute atomic E-state index is 0.227.